The number of hydrogen-bond donors (Lipinski definition) is 1. The van der Waals surface area contributed by atoms with E-state index in [4.69, 9.17) is 16.7 Å². The highest BCUT2D eigenvalue weighted by Gasteiger charge is 2.69. The molecule has 1 heterocycles. The van der Waals surface area contributed by atoms with E-state index in [1.165, 1.54) is 14.0 Å². The Kier molecular flexibility index (Phi) is 4.50. The molecule has 2 unspecified atom stereocenters. The monoisotopic (exact) mass is 386 g/mol. The number of aromatic nitrogens is 2. The predicted molar refractivity (Wildman–Crippen MR) is 79.9 cm³/mol. The Morgan fingerprint density at radius 3 is 2.20 bits per heavy atom. The third-order valence-electron chi connectivity index (χ3n) is 3.82. The van der Waals surface area contributed by atoms with Crippen molar-refractivity contribution in [3.63, 3.8) is 0 Å². The Morgan fingerprint density at radius 2 is 1.72 bits per heavy atom. The summed E-state index contributed by atoms with van der Waals surface area (Å²) in [7, 11) is 1.29. The van der Waals surface area contributed by atoms with E-state index in [0.29, 0.717) is 12.1 Å². The molecule has 2 rings (SSSR count). The number of hydrogen-bond acceptors (Lipinski definition) is 3. The zero-order valence-corrected chi connectivity index (χ0v) is 13.6. The van der Waals surface area contributed by atoms with Crippen molar-refractivity contribution in [1.82, 2.24) is 9.13 Å². The van der Waals surface area contributed by atoms with Crippen LogP contribution in [0.3, 0.4) is 0 Å². The molecule has 0 bridgehead atoms. The Bertz CT molecular complexity index is 946. The van der Waals surface area contributed by atoms with E-state index < -0.39 is 34.0 Å². The first kappa shape index (κ1) is 19.4. The van der Waals surface area contributed by atoms with Crippen LogP contribution in [0.15, 0.2) is 27.8 Å². The molecule has 138 valence electrons. The van der Waals surface area contributed by atoms with Crippen molar-refractivity contribution in [2.24, 2.45) is 7.05 Å². The minimum Gasteiger partial charge on any atom is -0.351 e. The van der Waals surface area contributed by atoms with Gasteiger partial charge < -0.3 is 5.11 Å². The van der Waals surface area contributed by atoms with E-state index in [1.54, 1.807) is 0 Å². The normalized spacial score (nSPS) is 17.3. The lowest BCUT2D eigenvalue weighted by Gasteiger charge is -2.31. The highest BCUT2D eigenvalue weighted by Crippen LogP contribution is 2.50. The second kappa shape index (κ2) is 5.80. The average Bonchev–Trinajstić information content (AvgIpc) is 2.51. The lowest BCUT2D eigenvalue weighted by Crippen LogP contribution is -2.53. The molecular formula is C14H12ClF5N2O3. The van der Waals surface area contributed by atoms with Gasteiger partial charge in [-0.1, -0.05) is 17.7 Å². The van der Waals surface area contributed by atoms with Crippen molar-refractivity contribution in [2.45, 2.75) is 30.6 Å². The summed E-state index contributed by atoms with van der Waals surface area (Å²) in [6.45, 7) is 1.42. The van der Waals surface area contributed by atoms with Crippen molar-refractivity contribution in [3.05, 3.63) is 44.6 Å². The number of halogens is 6. The molecule has 25 heavy (non-hydrogen) atoms. The number of nitrogens with zero attached hydrogens (tertiary/aromatic N) is 2. The van der Waals surface area contributed by atoms with Gasteiger partial charge in [-0.05, 0) is 19.1 Å². The maximum absolute atomic E-state index is 14.4. The number of aryl methyl sites for hydroxylation is 1. The van der Waals surface area contributed by atoms with Crippen LogP contribution >= 0.6 is 11.6 Å². The summed E-state index contributed by atoms with van der Waals surface area (Å²) < 4.78 is 67.5. The number of aliphatic hydroxyl groups is 1. The van der Waals surface area contributed by atoms with Crippen molar-refractivity contribution >= 4 is 22.5 Å². The Hall–Kier alpha value is -1.94. The summed E-state index contributed by atoms with van der Waals surface area (Å²) in [6.07, 6.45) is -6.02. The van der Waals surface area contributed by atoms with Gasteiger partial charge in [0, 0.05) is 19.2 Å². The molecule has 2 atom stereocenters. The van der Waals surface area contributed by atoms with E-state index in [-0.39, 0.29) is 17.4 Å². The quantitative estimate of drug-likeness (QED) is 0.650. The largest absolute Gasteiger partial charge is 0.453 e. The molecule has 1 N–H and O–H groups in total. The first-order valence-corrected chi connectivity index (χ1v) is 7.25. The molecule has 5 nitrogen and oxygen atoms in total. The fraction of sp³-hybridized carbons (Fsp3) is 0.429. The Balaban J connectivity index is 2.83. The first-order chi connectivity index (χ1) is 11.3. The highest BCUT2D eigenvalue weighted by molar-refractivity contribution is 6.23. The minimum atomic E-state index is -6.02. The standard InChI is InChI=1S/C14H12ClF5N2O3/c1-3-22-10(23)8-6-7(4-5-9(8)21(2)11(22)24)12(15,16)13(17,25)14(18,19)20/h4-6,25H,3H2,1-2H3. The van der Waals surface area contributed by atoms with Gasteiger partial charge in [0.1, 0.15) is 0 Å². The van der Waals surface area contributed by atoms with Gasteiger partial charge in [0.15, 0.2) is 0 Å². The van der Waals surface area contributed by atoms with Crippen LogP contribution in [0.1, 0.15) is 12.5 Å². The lowest BCUT2D eigenvalue weighted by molar-refractivity contribution is -0.347. The summed E-state index contributed by atoms with van der Waals surface area (Å²) in [5.74, 6) is -5.40. The van der Waals surface area contributed by atoms with E-state index >= 15 is 0 Å². The lowest BCUT2D eigenvalue weighted by atomic mass is 10.0. The summed E-state index contributed by atoms with van der Waals surface area (Å²) in [5.41, 5.74) is -2.75. The summed E-state index contributed by atoms with van der Waals surface area (Å²) in [5, 5.41) is 4.17. The van der Waals surface area contributed by atoms with E-state index in [2.05, 4.69) is 0 Å². The van der Waals surface area contributed by atoms with Gasteiger partial charge in [-0.15, -0.1) is 0 Å². The fourth-order valence-electron chi connectivity index (χ4n) is 2.36. The highest BCUT2D eigenvalue weighted by atomic mass is 35.5. The minimum absolute atomic E-state index is 0.0228. The van der Waals surface area contributed by atoms with Crippen molar-refractivity contribution in [3.8, 4) is 0 Å². The number of rotatable bonds is 3. The molecule has 1 aromatic heterocycles. The molecule has 0 aliphatic heterocycles. The molecule has 0 spiro atoms. The molecule has 0 saturated carbocycles. The maximum atomic E-state index is 14.4. The fourth-order valence-corrected chi connectivity index (χ4v) is 2.58. The molecule has 0 radical (unpaired) electrons. The predicted octanol–water partition coefficient (Wildman–Crippen LogP) is 2.30. The smallest absolute Gasteiger partial charge is 0.351 e. The maximum Gasteiger partial charge on any atom is 0.453 e. The SMILES string of the molecule is CCn1c(=O)c2cc(C(F)(Cl)C(O)(F)C(F)(F)F)ccc2n(C)c1=O. The van der Waals surface area contributed by atoms with E-state index in [9.17, 15) is 31.5 Å². The average molecular weight is 387 g/mol. The van der Waals surface area contributed by atoms with Crippen LogP contribution in [0.5, 0.6) is 0 Å². The van der Waals surface area contributed by atoms with Crippen LogP contribution in [-0.4, -0.2) is 26.3 Å². The van der Waals surface area contributed by atoms with Crippen LogP contribution in [0.25, 0.3) is 10.9 Å². The van der Waals surface area contributed by atoms with Crippen LogP contribution in [0.4, 0.5) is 22.0 Å². The third-order valence-corrected chi connectivity index (χ3v) is 4.29. The molecule has 1 aromatic carbocycles. The second-order valence-electron chi connectivity index (χ2n) is 5.32. The number of benzene rings is 1. The van der Waals surface area contributed by atoms with Gasteiger partial charge in [-0.3, -0.25) is 13.9 Å². The molecule has 0 fully saturated rings. The number of alkyl halides is 6. The van der Waals surface area contributed by atoms with Crippen LogP contribution < -0.4 is 11.2 Å². The van der Waals surface area contributed by atoms with Gasteiger partial charge in [0.2, 0.25) is 0 Å². The van der Waals surface area contributed by atoms with E-state index in [1.807, 2.05) is 0 Å². The molecule has 11 heteroatoms. The van der Waals surface area contributed by atoms with Gasteiger partial charge in [0.05, 0.1) is 10.9 Å². The van der Waals surface area contributed by atoms with Crippen molar-refractivity contribution < 1.29 is 27.1 Å². The van der Waals surface area contributed by atoms with Crippen molar-refractivity contribution in [1.29, 1.82) is 0 Å². The Morgan fingerprint density at radius 1 is 1.16 bits per heavy atom. The molecule has 2 aromatic rings. The van der Waals surface area contributed by atoms with E-state index in [0.717, 1.165) is 15.2 Å². The summed E-state index contributed by atoms with van der Waals surface area (Å²) >= 11 is 5.05. The van der Waals surface area contributed by atoms with Gasteiger partial charge in [-0.25, -0.2) is 9.18 Å². The van der Waals surface area contributed by atoms with Crippen LogP contribution in [0, 0.1) is 0 Å². The zero-order chi connectivity index (χ0) is 19.4. The summed E-state index contributed by atoms with van der Waals surface area (Å²) in [6, 6.07) is 2.17. The third kappa shape index (κ3) is 2.73. The van der Waals surface area contributed by atoms with Crippen LogP contribution in [-0.2, 0) is 18.7 Å². The molecule has 0 saturated heterocycles. The molecular weight excluding hydrogens is 375 g/mol. The topological polar surface area (TPSA) is 64.2 Å². The van der Waals surface area contributed by atoms with Gasteiger partial charge >= 0.3 is 17.7 Å². The molecule has 0 aliphatic rings. The molecule has 0 amide bonds. The van der Waals surface area contributed by atoms with Crippen molar-refractivity contribution in [2.75, 3.05) is 0 Å². The summed E-state index contributed by atoms with van der Waals surface area (Å²) in [4.78, 5) is 24.2. The Labute approximate surface area is 141 Å². The molecule has 0 aliphatic carbocycles. The zero-order valence-electron chi connectivity index (χ0n) is 12.9. The van der Waals surface area contributed by atoms with Gasteiger partial charge in [-0.2, -0.15) is 17.6 Å². The first-order valence-electron chi connectivity index (χ1n) is 6.87. The van der Waals surface area contributed by atoms with Crippen LogP contribution in [0.2, 0.25) is 0 Å². The second-order valence-corrected chi connectivity index (χ2v) is 5.84. The number of fused-ring (bicyclic) bond motifs is 1. The van der Waals surface area contributed by atoms with Gasteiger partial charge in [0.25, 0.3) is 10.7 Å².